The van der Waals surface area contributed by atoms with Crippen LogP contribution in [0.2, 0.25) is 6.04 Å². The quantitative estimate of drug-likeness (QED) is 0.460. The van der Waals surface area contributed by atoms with Crippen LogP contribution in [0.5, 0.6) is 0 Å². The fraction of sp³-hybridized carbons (Fsp3) is 0.917. The Labute approximate surface area is 127 Å². The Bertz CT molecular complexity index is 374. The highest BCUT2D eigenvalue weighted by atomic mass is 28.4. The average Bonchev–Trinajstić information content (AvgIpc) is 2.85. The van der Waals surface area contributed by atoms with Crippen LogP contribution in [0, 0.1) is 0 Å². The molecule has 0 unspecified atom stereocenters. The fourth-order valence-corrected chi connectivity index (χ4v) is 4.84. The van der Waals surface area contributed by atoms with Gasteiger partial charge in [-0.3, -0.25) is 0 Å². The molecule has 0 fully saturated rings. The van der Waals surface area contributed by atoms with Gasteiger partial charge in [-0.2, -0.15) is 0 Å². The van der Waals surface area contributed by atoms with E-state index in [4.69, 9.17) is 19.0 Å². The van der Waals surface area contributed by atoms with E-state index in [1.165, 1.54) is 0 Å². The molecule has 0 atom stereocenters. The van der Waals surface area contributed by atoms with Crippen LogP contribution in [0.4, 0.5) is 5.95 Å². The topological polar surface area (TPSA) is 97.3 Å². The minimum atomic E-state index is -2.49. The Morgan fingerprint density at radius 3 is 2.10 bits per heavy atom. The van der Waals surface area contributed by atoms with Gasteiger partial charge >= 0.3 is 8.80 Å². The molecule has 0 radical (unpaired) electrons. The first-order valence-corrected chi connectivity index (χ1v) is 9.54. The molecular formula is C12H27N5O3Si. The van der Waals surface area contributed by atoms with E-state index in [0.717, 1.165) is 31.9 Å². The summed E-state index contributed by atoms with van der Waals surface area (Å²) in [7, 11) is -2.49. The van der Waals surface area contributed by atoms with Crippen LogP contribution >= 0.6 is 0 Å². The number of aryl methyl sites for hydroxylation is 1. The van der Waals surface area contributed by atoms with E-state index in [1.807, 2.05) is 20.8 Å². The number of nitrogens with two attached hydrogens (primary N) is 1. The van der Waals surface area contributed by atoms with E-state index in [2.05, 4.69) is 15.5 Å². The van der Waals surface area contributed by atoms with Gasteiger partial charge in [0.05, 0.1) is 0 Å². The molecule has 21 heavy (non-hydrogen) atoms. The van der Waals surface area contributed by atoms with Crippen molar-refractivity contribution in [2.75, 3.05) is 25.6 Å². The van der Waals surface area contributed by atoms with Crippen molar-refractivity contribution in [2.45, 2.75) is 52.6 Å². The molecule has 1 aromatic rings. The molecule has 0 aliphatic carbocycles. The molecule has 1 rings (SSSR count). The summed E-state index contributed by atoms with van der Waals surface area (Å²) in [6.07, 6.45) is 2.99. The van der Waals surface area contributed by atoms with Gasteiger partial charge in [-0.1, -0.05) is 11.5 Å². The molecule has 0 saturated carbocycles. The summed E-state index contributed by atoms with van der Waals surface area (Å²) >= 11 is 0. The summed E-state index contributed by atoms with van der Waals surface area (Å²) in [6.45, 7) is 8.50. The highest BCUT2D eigenvalue weighted by Gasteiger charge is 2.39. The zero-order valence-corrected chi connectivity index (χ0v) is 14.2. The SMILES string of the molecule is CCO[Si](CCCCCn1nnnc1N)(OCC)OCC. The average molecular weight is 317 g/mol. The number of rotatable bonds is 12. The minimum absolute atomic E-state index is 0.358. The lowest BCUT2D eigenvalue weighted by atomic mass is 10.2. The number of hydrogen-bond donors (Lipinski definition) is 1. The van der Waals surface area contributed by atoms with Crippen LogP contribution in [-0.2, 0) is 19.8 Å². The first-order chi connectivity index (χ1) is 10.2. The lowest BCUT2D eigenvalue weighted by Gasteiger charge is -2.28. The predicted molar refractivity (Wildman–Crippen MR) is 81.5 cm³/mol. The van der Waals surface area contributed by atoms with Crippen molar-refractivity contribution in [2.24, 2.45) is 0 Å². The Hall–Kier alpha value is -1.03. The van der Waals surface area contributed by atoms with Crippen LogP contribution in [0.25, 0.3) is 0 Å². The van der Waals surface area contributed by atoms with Crippen molar-refractivity contribution in [3.8, 4) is 0 Å². The summed E-state index contributed by atoms with van der Waals surface area (Å²) < 4.78 is 19.1. The smallest absolute Gasteiger partial charge is 0.374 e. The van der Waals surface area contributed by atoms with E-state index in [9.17, 15) is 0 Å². The van der Waals surface area contributed by atoms with Crippen molar-refractivity contribution in [3.05, 3.63) is 0 Å². The van der Waals surface area contributed by atoms with Gasteiger partial charge in [0.25, 0.3) is 0 Å². The van der Waals surface area contributed by atoms with Crippen molar-refractivity contribution >= 4 is 14.8 Å². The van der Waals surface area contributed by atoms with E-state index in [0.29, 0.717) is 25.8 Å². The Morgan fingerprint density at radius 2 is 1.62 bits per heavy atom. The third-order valence-electron chi connectivity index (χ3n) is 3.01. The van der Waals surface area contributed by atoms with Crippen molar-refractivity contribution in [1.29, 1.82) is 0 Å². The predicted octanol–water partition coefficient (Wildman–Crippen LogP) is 1.47. The largest absolute Gasteiger partial charge is 0.500 e. The minimum Gasteiger partial charge on any atom is -0.374 e. The maximum Gasteiger partial charge on any atom is 0.500 e. The highest BCUT2D eigenvalue weighted by molar-refractivity contribution is 6.60. The second kappa shape index (κ2) is 9.82. The molecule has 9 heteroatoms. The second-order valence-corrected chi connectivity index (χ2v) is 7.28. The van der Waals surface area contributed by atoms with Gasteiger partial charge in [-0.05, 0) is 44.0 Å². The molecule has 0 aliphatic heterocycles. The molecule has 0 aromatic carbocycles. The molecule has 122 valence electrons. The monoisotopic (exact) mass is 317 g/mol. The number of aromatic nitrogens is 4. The lowest BCUT2D eigenvalue weighted by Crippen LogP contribution is -2.45. The molecule has 1 heterocycles. The number of nitrogens with zero attached hydrogens (tertiary/aromatic N) is 4. The van der Waals surface area contributed by atoms with E-state index < -0.39 is 8.80 Å². The number of nitrogen functional groups attached to an aromatic ring is 1. The molecule has 0 bridgehead atoms. The van der Waals surface area contributed by atoms with Crippen LogP contribution in [0.1, 0.15) is 40.0 Å². The summed E-state index contributed by atoms with van der Waals surface area (Å²) in [4.78, 5) is 0. The number of anilines is 1. The van der Waals surface area contributed by atoms with Gasteiger partial charge in [-0.25, -0.2) is 4.68 Å². The van der Waals surface area contributed by atoms with Crippen LogP contribution in [0.3, 0.4) is 0 Å². The molecule has 8 nitrogen and oxygen atoms in total. The number of unbranched alkanes of at least 4 members (excludes halogenated alkanes) is 2. The van der Waals surface area contributed by atoms with Gasteiger partial charge in [0.1, 0.15) is 0 Å². The second-order valence-electron chi connectivity index (χ2n) is 4.55. The third-order valence-corrected chi connectivity index (χ3v) is 6.16. The lowest BCUT2D eigenvalue weighted by molar-refractivity contribution is 0.0706. The zero-order chi connectivity index (χ0) is 15.6. The van der Waals surface area contributed by atoms with E-state index in [-0.39, 0.29) is 0 Å². The van der Waals surface area contributed by atoms with Gasteiger partial charge in [-0.15, -0.1) is 0 Å². The molecule has 0 amide bonds. The molecule has 0 saturated heterocycles. The maximum absolute atomic E-state index is 5.82. The standard InChI is InChI=1S/C12H27N5O3Si/c1-4-18-21(19-5-2,20-6-3)11-9-7-8-10-17-12(13)14-15-16-17/h4-11H2,1-3H3,(H2,13,14,16). The highest BCUT2D eigenvalue weighted by Crippen LogP contribution is 2.20. The number of tetrazole rings is 1. The Kier molecular flexibility index (Phi) is 8.43. The van der Waals surface area contributed by atoms with Crippen LogP contribution < -0.4 is 5.73 Å². The fourth-order valence-electron chi connectivity index (χ4n) is 2.15. The maximum atomic E-state index is 5.82. The van der Waals surface area contributed by atoms with Gasteiger partial charge in [0.2, 0.25) is 5.95 Å². The summed E-state index contributed by atoms with van der Waals surface area (Å²) in [6, 6.07) is 0.841. The van der Waals surface area contributed by atoms with Gasteiger partial charge in [0.15, 0.2) is 0 Å². The molecule has 2 N–H and O–H groups in total. The van der Waals surface area contributed by atoms with Crippen LogP contribution in [0.15, 0.2) is 0 Å². The van der Waals surface area contributed by atoms with Crippen molar-refractivity contribution < 1.29 is 13.3 Å². The van der Waals surface area contributed by atoms with E-state index >= 15 is 0 Å². The number of hydrogen-bond acceptors (Lipinski definition) is 7. The first-order valence-electron chi connectivity index (χ1n) is 7.61. The van der Waals surface area contributed by atoms with E-state index in [1.54, 1.807) is 4.68 Å². The molecule has 0 aliphatic rings. The summed E-state index contributed by atoms with van der Waals surface area (Å²) in [5, 5.41) is 11.0. The first kappa shape index (κ1) is 18.0. The molecular weight excluding hydrogens is 290 g/mol. The van der Waals surface area contributed by atoms with Crippen molar-refractivity contribution in [1.82, 2.24) is 20.2 Å². The third kappa shape index (κ3) is 6.08. The van der Waals surface area contributed by atoms with Gasteiger partial charge in [0, 0.05) is 32.4 Å². The normalized spacial score (nSPS) is 12.0. The molecule has 0 spiro atoms. The summed E-state index contributed by atoms with van der Waals surface area (Å²) in [5.41, 5.74) is 5.62. The molecule has 1 aromatic heterocycles. The zero-order valence-electron chi connectivity index (χ0n) is 13.2. The Morgan fingerprint density at radius 1 is 1.00 bits per heavy atom. The Balaban J connectivity index is 2.33. The van der Waals surface area contributed by atoms with Crippen molar-refractivity contribution in [3.63, 3.8) is 0 Å². The van der Waals surface area contributed by atoms with Crippen LogP contribution in [-0.4, -0.2) is 48.8 Å². The summed E-state index contributed by atoms with van der Waals surface area (Å²) in [5.74, 6) is 0.358. The van der Waals surface area contributed by atoms with Gasteiger partial charge < -0.3 is 19.0 Å².